The fourth-order valence-electron chi connectivity index (χ4n) is 4.89. The van der Waals surface area contributed by atoms with Gasteiger partial charge >= 0.3 is 0 Å². The van der Waals surface area contributed by atoms with Gasteiger partial charge in [0.2, 0.25) is 0 Å². The smallest absolute Gasteiger partial charge is 0.259 e. The molecule has 1 N–H and O–H groups in total. The molecule has 5 rings (SSSR count). The number of carbonyl (C=O) groups excluding carboxylic acids is 2. The van der Waals surface area contributed by atoms with Gasteiger partial charge in [0, 0.05) is 27.9 Å². The third kappa shape index (κ3) is 4.97. The van der Waals surface area contributed by atoms with Crippen LogP contribution in [0.4, 0.5) is 10.1 Å². The highest BCUT2D eigenvalue weighted by molar-refractivity contribution is 7.99. The Balaban J connectivity index is 1.46. The molecule has 2 aliphatic rings. The fourth-order valence-corrected chi connectivity index (χ4v) is 5.95. The lowest BCUT2D eigenvalue weighted by atomic mass is 10.1. The van der Waals surface area contributed by atoms with Gasteiger partial charge in [0.25, 0.3) is 11.8 Å². The number of amides is 2. The second-order valence-electron chi connectivity index (χ2n) is 8.94. The van der Waals surface area contributed by atoms with E-state index >= 15 is 0 Å². The SMILES string of the molecule is CCN1CCC[C@H]1CNC(=O)c1ccc2c(c1)N(Cc1cccc(F)c1)C(=O)c1ccccc1S2. The van der Waals surface area contributed by atoms with Crippen molar-refractivity contribution >= 4 is 29.3 Å². The quantitative estimate of drug-likeness (QED) is 0.507. The van der Waals surface area contributed by atoms with E-state index in [1.165, 1.54) is 23.9 Å². The first-order valence-corrected chi connectivity index (χ1v) is 12.8. The number of carbonyl (C=O) groups is 2. The van der Waals surface area contributed by atoms with Crippen LogP contribution in [0.5, 0.6) is 0 Å². The summed E-state index contributed by atoms with van der Waals surface area (Å²) in [4.78, 5) is 32.5. The van der Waals surface area contributed by atoms with Crippen molar-refractivity contribution in [1.29, 1.82) is 0 Å². The van der Waals surface area contributed by atoms with Crippen LogP contribution in [0, 0.1) is 5.82 Å². The average molecular weight is 490 g/mol. The van der Waals surface area contributed by atoms with E-state index in [0.29, 0.717) is 35.0 Å². The standard InChI is InChI=1S/C28H28FN3O2S/c1-2-31-14-6-9-22(31)17-30-27(33)20-12-13-26-24(16-20)32(18-19-7-5-8-21(29)15-19)28(34)23-10-3-4-11-25(23)35-26/h3-5,7-8,10-13,15-16,22H,2,6,9,14,17-18H2,1H3,(H,30,33)/t22-/m0/s1. The topological polar surface area (TPSA) is 52.7 Å². The lowest BCUT2D eigenvalue weighted by Gasteiger charge is -2.24. The lowest BCUT2D eigenvalue weighted by molar-refractivity contribution is 0.0938. The predicted molar refractivity (Wildman–Crippen MR) is 137 cm³/mol. The van der Waals surface area contributed by atoms with Crippen LogP contribution in [0.2, 0.25) is 0 Å². The van der Waals surface area contributed by atoms with Crippen molar-refractivity contribution in [3.63, 3.8) is 0 Å². The molecule has 2 heterocycles. The van der Waals surface area contributed by atoms with Gasteiger partial charge in [-0.05, 0) is 74.0 Å². The third-order valence-electron chi connectivity index (χ3n) is 6.73. The Kier molecular flexibility index (Phi) is 6.88. The van der Waals surface area contributed by atoms with Crippen molar-refractivity contribution in [1.82, 2.24) is 10.2 Å². The zero-order valence-electron chi connectivity index (χ0n) is 19.7. The van der Waals surface area contributed by atoms with Gasteiger partial charge in [-0.25, -0.2) is 4.39 Å². The van der Waals surface area contributed by atoms with Crippen LogP contribution in [0.1, 0.15) is 46.0 Å². The second kappa shape index (κ2) is 10.2. The van der Waals surface area contributed by atoms with Crippen LogP contribution in [-0.4, -0.2) is 42.4 Å². The summed E-state index contributed by atoms with van der Waals surface area (Å²) in [5, 5.41) is 3.09. The van der Waals surface area contributed by atoms with Crippen LogP contribution >= 0.6 is 11.8 Å². The first-order valence-electron chi connectivity index (χ1n) is 12.0. The van der Waals surface area contributed by atoms with Crippen LogP contribution in [0.15, 0.2) is 76.5 Å². The Morgan fingerprint density at radius 3 is 2.77 bits per heavy atom. The number of hydrogen-bond acceptors (Lipinski definition) is 4. The highest BCUT2D eigenvalue weighted by atomic mass is 32.2. The van der Waals surface area contributed by atoms with E-state index in [9.17, 15) is 14.0 Å². The van der Waals surface area contributed by atoms with Gasteiger partial charge in [-0.1, -0.05) is 43.0 Å². The monoisotopic (exact) mass is 489 g/mol. The summed E-state index contributed by atoms with van der Waals surface area (Å²) in [6.45, 7) is 5.01. The van der Waals surface area contributed by atoms with Gasteiger partial charge in [0.15, 0.2) is 0 Å². The summed E-state index contributed by atoms with van der Waals surface area (Å²) in [7, 11) is 0. The lowest BCUT2D eigenvalue weighted by Crippen LogP contribution is -2.40. The van der Waals surface area contributed by atoms with Crippen LogP contribution < -0.4 is 10.2 Å². The van der Waals surface area contributed by atoms with Gasteiger partial charge in [-0.2, -0.15) is 0 Å². The number of fused-ring (bicyclic) bond motifs is 2. The van der Waals surface area contributed by atoms with Crippen molar-refractivity contribution in [3.8, 4) is 0 Å². The molecule has 0 radical (unpaired) electrons. The number of likely N-dealkylation sites (tertiary alicyclic amines) is 1. The van der Waals surface area contributed by atoms with Crippen LogP contribution in [0.3, 0.4) is 0 Å². The van der Waals surface area contributed by atoms with Crippen molar-refractivity contribution < 1.29 is 14.0 Å². The zero-order chi connectivity index (χ0) is 24.4. The van der Waals surface area contributed by atoms with Gasteiger partial charge in [0.1, 0.15) is 5.82 Å². The highest BCUT2D eigenvalue weighted by Gasteiger charge is 2.29. The van der Waals surface area contributed by atoms with E-state index in [-0.39, 0.29) is 24.2 Å². The summed E-state index contributed by atoms with van der Waals surface area (Å²) in [6.07, 6.45) is 2.24. The minimum atomic E-state index is -0.346. The number of nitrogens with one attached hydrogen (secondary N) is 1. The first-order chi connectivity index (χ1) is 17.0. The van der Waals surface area contributed by atoms with Gasteiger partial charge < -0.3 is 10.2 Å². The maximum atomic E-state index is 13.9. The molecule has 3 aromatic rings. The molecule has 0 aliphatic carbocycles. The summed E-state index contributed by atoms with van der Waals surface area (Å²) in [5.74, 6) is -0.667. The summed E-state index contributed by atoms with van der Waals surface area (Å²) in [6, 6.07) is 19.6. The molecule has 35 heavy (non-hydrogen) atoms. The van der Waals surface area contributed by atoms with Crippen molar-refractivity contribution in [2.24, 2.45) is 0 Å². The Morgan fingerprint density at radius 1 is 1.09 bits per heavy atom. The van der Waals surface area contributed by atoms with E-state index in [1.807, 2.05) is 36.4 Å². The average Bonchev–Trinajstić information content (AvgIpc) is 3.29. The summed E-state index contributed by atoms with van der Waals surface area (Å²) in [5.41, 5.74) is 2.44. The molecule has 0 aromatic heterocycles. The van der Waals surface area contributed by atoms with Crippen molar-refractivity contribution in [2.75, 3.05) is 24.5 Å². The molecule has 0 saturated carbocycles. The normalized spacial score (nSPS) is 17.6. The number of rotatable bonds is 6. The molecule has 5 nitrogen and oxygen atoms in total. The Hall–Kier alpha value is -3.16. The number of halogens is 1. The van der Waals surface area contributed by atoms with Gasteiger partial charge in [-0.15, -0.1) is 0 Å². The maximum absolute atomic E-state index is 13.9. The molecule has 2 amide bonds. The van der Waals surface area contributed by atoms with E-state index in [0.717, 1.165) is 35.7 Å². The fraction of sp³-hybridized carbons (Fsp3) is 0.286. The van der Waals surface area contributed by atoms with E-state index in [4.69, 9.17) is 0 Å². The minimum absolute atomic E-state index is 0.152. The Labute approximate surface area is 209 Å². The zero-order valence-corrected chi connectivity index (χ0v) is 20.5. The van der Waals surface area contributed by atoms with E-state index < -0.39 is 0 Å². The molecular formula is C28H28FN3O2S. The summed E-state index contributed by atoms with van der Waals surface area (Å²) < 4.78 is 13.9. The Bertz CT molecular complexity index is 1260. The van der Waals surface area contributed by atoms with Crippen LogP contribution in [0.25, 0.3) is 0 Å². The second-order valence-corrected chi connectivity index (χ2v) is 10.0. The molecule has 1 saturated heterocycles. The number of hydrogen-bond donors (Lipinski definition) is 1. The molecule has 0 unspecified atom stereocenters. The predicted octanol–water partition coefficient (Wildman–Crippen LogP) is 5.35. The summed E-state index contributed by atoms with van der Waals surface area (Å²) >= 11 is 1.51. The van der Waals surface area contributed by atoms with Crippen molar-refractivity contribution in [3.05, 3.63) is 89.2 Å². The molecule has 2 aliphatic heterocycles. The minimum Gasteiger partial charge on any atom is -0.350 e. The molecule has 3 aromatic carbocycles. The number of likely N-dealkylation sites (N-methyl/N-ethyl adjacent to an activating group) is 1. The third-order valence-corrected chi connectivity index (χ3v) is 7.87. The number of benzene rings is 3. The van der Waals surface area contributed by atoms with E-state index in [1.54, 1.807) is 23.1 Å². The van der Waals surface area contributed by atoms with Gasteiger partial charge in [-0.3, -0.25) is 14.5 Å². The molecule has 1 atom stereocenters. The van der Waals surface area contributed by atoms with E-state index in [2.05, 4.69) is 17.1 Å². The number of anilines is 1. The maximum Gasteiger partial charge on any atom is 0.259 e. The number of nitrogens with zero attached hydrogens (tertiary/aromatic N) is 2. The first kappa shape index (κ1) is 23.6. The van der Waals surface area contributed by atoms with Crippen LogP contribution in [-0.2, 0) is 6.54 Å². The molecule has 1 fully saturated rings. The highest BCUT2D eigenvalue weighted by Crippen LogP contribution is 2.42. The molecule has 0 bridgehead atoms. The van der Waals surface area contributed by atoms with Gasteiger partial charge in [0.05, 0.1) is 17.8 Å². The Morgan fingerprint density at radius 2 is 1.94 bits per heavy atom. The largest absolute Gasteiger partial charge is 0.350 e. The molecule has 180 valence electrons. The molecular weight excluding hydrogens is 461 g/mol. The molecule has 7 heteroatoms. The molecule has 0 spiro atoms. The van der Waals surface area contributed by atoms with Crippen molar-refractivity contribution in [2.45, 2.75) is 42.1 Å².